The van der Waals surface area contributed by atoms with E-state index in [0.717, 1.165) is 13.1 Å². The van der Waals surface area contributed by atoms with Gasteiger partial charge in [0.15, 0.2) is 11.8 Å². The van der Waals surface area contributed by atoms with Gasteiger partial charge in [0, 0.05) is 12.4 Å². The Morgan fingerprint density at radius 1 is 1.43 bits per heavy atom. The SMILES string of the molecule is CCN(CC)CC#C[C@H](C)OC(=O)c1c(C)nn2cccnc12. The highest BCUT2D eigenvalue weighted by atomic mass is 16.5. The van der Waals surface area contributed by atoms with Crippen LogP contribution in [0.15, 0.2) is 18.5 Å². The second-order valence-corrected chi connectivity index (χ2v) is 5.18. The molecule has 0 radical (unpaired) electrons. The second-order valence-electron chi connectivity index (χ2n) is 5.18. The Kier molecular flexibility index (Phi) is 5.72. The van der Waals surface area contributed by atoms with Crippen LogP contribution in [0.4, 0.5) is 0 Å². The van der Waals surface area contributed by atoms with Gasteiger partial charge in [0.25, 0.3) is 0 Å². The van der Waals surface area contributed by atoms with E-state index in [1.165, 1.54) is 0 Å². The van der Waals surface area contributed by atoms with Crippen LogP contribution < -0.4 is 0 Å². The number of esters is 1. The fourth-order valence-corrected chi connectivity index (χ4v) is 2.23. The lowest BCUT2D eigenvalue weighted by molar-refractivity contribution is 0.0439. The molecule has 0 aliphatic rings. The summed E-state index contributed by atoms with van der Waals surface area (Å²) in [7, 11) is 0. The molecule has 2 aromatic heterocycles. The monoisotopic (exact) mass is 314 g/mol. The Hall–Kier alpha value is -2.39. The number of fused-ring (bicyclic) bond motifs is 1. The van der Waals surface area contributed by atoms with Gasteiger partial charge in [-0.1, -0.05) is 25.7 Å². The lowest BCUT2D eigenvalue weighted by Gasteiger charge is -2.13. The van der Waals surface area contributed by atoms with E-state index in [2.05, 4.69) is 40.7 Å². The van der Waals surface area contributed by atoms with Crippen LogP contribution in [0.2, 0.25) is 0 Å². The molecule has 0 saturated heterocycles. The van der Waals surface area contributed by atoms with E-state index >= 15 is 0 Å². The summed E-state index contributed by atoms with van der Waals surface area (Å²) < 4.78 is 6.98. The maximum atomic E-state index is 12.4. The largest absolute Gasteiger partial charge is 0.446 e. The molecule has 0 N–H and O–H groups in total. The van der Waals surface area contributed by atoms with E-state index in [1.807, 2.05) is 0 Å². The number of aryl methyl sites for hydroxylation is 1. The third-order valence-corrected chi connectivity index (χ3v) is 3.56. The molecular weight excluding hydrogens is 292 g/mol. The van der Waals surface area contributed by atoms with Gasteiger partial charge >= 0.3 is 5.97 Å². The lowest BCUT2D eigenvalue weighted by atomic mass is 10.2. The van der Waals surface area contributed by atoms with Crippen molar-refractivity contribution >= 4 is 11.6 Å². The Balaban J connectivity index is 2.06. The van der Waals surface area contributed by atoms with E-state index in [4.69, 9.17) is 4.74 Å². The summed E-state index contributed by atoms with van der Waals surface area (Å²) in [5.74, 6) is 5.57. The van der Waals surface area contributed by atoms with E-state index in [1.54, 1.807) is 36.8 Å². The summed E-state index contributed by atoms with van der Waals surface area (Å²) in [4.78, 5) is 18.8. The lowest BCUT2D eigenvalue weighted by Crippen LogP contribution is -2.23. The first-order chi connectivity index (χ1) is 11.1. The molecule has 0 aliphatic heterocycles. The number of ether oxygens (including phenoxy) is 1. The summed E-state index contributed by atoms with van der Waals surface area (Å²) in [5.41, 5.74) is 1.48. The molecule has 23 heavy (non-hydrogen) atoms. The zero-order valence-electron chi connectivity index (χ0n) is 14.0. The van der Waals surface area contributed by atoms with Crippen LogP contribution in [-0.4, -0.2) is 51.2 Å². The summed E-state index contributed by atoms with van der Waals surface area (Å²) in [6.07, 6.45) is 2.90. The average Bonchev–Trinajstić information content (AvgIpc) is 2.87. The second kappa shape index (κ2) is 7.75. The molecule has 6 nitrogen and oxygen atoms in total. The zero-order chi connectivity index (χ0) is 16.8. The summed E-state index contributed by atoms with van der Waals surface area (Å²) >= 11 is 0. The van der Waals surface area contributed by atoms with Gasteiger partial charge in [-0.2, -0.15) is 5.10 Å². The molecule has 2 aromatic rings. The van der Waals surface area contributed by atoms with Crippen molar-refractivity contribution in [2.24, 2.45) is 0 Å². The molecule has 0 fully saturated rings. The molecule has 0 amide bonds. The third-order valence-electron chi connectivity index (χ3n) is 3.56. The van der Waals surface area contributed by atoms with Gasteiger partial charge in [-0.25, -0.2) is 14.3 Å². The Bertz CT molecular complexity index is 738. The van der Waals surface area contributed by atoms with Gasteiger partial charge in [0.05, 0.1) is 12.2 Å². The van der Waals surface area contributed by atoms with Gasteiger partial charge in [-0.15, -0.1) is 0 Å². The molecule has 1 atom stereocenters. The fourth-order valence-electron chi connectivity index (χ4n) is 2.23. The van der Waals surface area contributed by atoms with Gasteiger partial charge < -0.3 is 4.74 Å². The Morgan fingerprint density at radius 3 is 2.87 bits per heavy atom. The number of aromatic nitrogens is 3. The first-order valence-corrected chi connectivity index (χ1v) is 7.78. The highest BCUT2D eigenvalue weighted by Gasteiger charge is 2.20. The van der Waals surface area contributed by atoms with Crippen LogP contribution in [-0.2, 0) is 4.74 Å². The normalized spacial score (nSPS) is 12.0. The van der Waals surface area contributed by atoms with Crippen LogP contribution in [0.3, 0.4) is 0 Å². The molecule has 2 heterocycles. The maximum absolute atomic E-state index is 12.4. The molecule has 0 unspecified atom stereocenters. The smallest absolute Gasteiger partial charge is 0.345 e. The maximum Gasteiger partial charge on any atom is 0.345 e. The number of rotatable bonds is 5. The standard InChI is InChI=1S/C17H22N4O2/c1-5-20(6-2)11-7-9-13(3)23-17(22)15-14(4)19-21-12-8-10-18-16(15)21/h8,10,12-13H,5-6,11H2,1-4H3/t13-/m0/s1. The molecule has 6 heteroatoms. The van der Waals surface area contributed by atoms with Gasteiger partial charge in [-0.3, -0.25) is 4.90 Å². The highest BCUT2D eigenvalue weighted by Crippen LogP contribution is 2.14. The molecule has 2 rings (SSSR count). The molecule has 0 saturated carbocycles. The Labute approximate surface area is 136 Å². The van der Waals surface area contributed by atoms with Crippen LogP contribution >= 0.6 is 0 Å². The minimum absolute atomic E-state index is 0.392. The predicted molar refractivity (Wildman–Crippen MR) is 88.2 cm³/mol. The molecular formula is C17H22N4O2. The van der Waals surface area contributed by atoms with E-state index in [-0.39, 0.29) is 0 Å². The van der Waals surface area contributed by atoms with Crippen molar-refractivity contribution in [2.45, 2.75) is 33.8 Å². The van der Waals surface area contributed by atoms with Gasteiger partial charge in [0.1, 0.15) is 5.56 Å². The summed E-state index contributed by atoms with van der Waals surface area (Å²) in [6, 6.07) is 1.76. The van der Waals surface area contributed by atoms with Crippen molar-refractivity contribution in [1.29, 1.82) is 0 Å². The molecule has 0 aliphatic carbocycles. The van der Waals surface area contributed by atoms with Crippen LogP contribution in [0.25, 0.3) is 5.65 Å². The predicted octanol–water partition coefficient (Wildman–Crippen LogP) is 1.93. The van der Waals surface area contributed by atoms with E-state index < -0.39 is 12.1 Å². The minimum Gasteiger partial charge on any atom is -0.446 e. The molecule has 0 aromatic carbocycles. The summed E-state index contributed by atoms with van der Waals surface area (Å²) in [5, 5.41) is 4.26. The van der Waals surface area contributed by atoms with E-state index in [0.29, 0.717) is 23.4 Å². The van der Waals surface area contributed by atoms with Gasteiger partial charge in [0.2, 0.25) is 0 Å². The van der Waals surface area contributed by atoms with Crippen molar-refractivity contribution in [2.75, 3.05) is 19.6 Å². The first-order valence-electron chi connectivity index (χ1n) is 7.78. The third kappa shape index (κ3) is 4.08. The average molecular weight is 314 g/mol. The quantitative estimate of drug-likeness (QED) is 0.623. The van der Waals surface area contributed by atoms with Gasteiger partial charge in [-0.05, 0) is 33.0 Å². The zero-order valence-corrected chi connectivity index (χ0v) is 14.0. The van der Waals surface area contributed by atoms with Crippen molar-refractivity contribution in [1.82, 2.24) is 19.5 Å². The van der Waals surface area contributed by atoms with Crippen molar-refractivity contribution in [3.63, 3.8) is 0 Å². The first kappa shape index (κ1) is 17.0. The number of nitrogens with zero attached hydrogens (tertiary/aromatic N) is 4. The Morgan fingerprint density at radius 2 is 2.17 bits per heavy atom. The highest BCUT2D eigenvalue weighted by molar-refractivity contribution is 5.97. The minimum atomic E-state index is -0.476. The topological polar surface area (TPSA) is 59.7 Å². The van der Waals surface area contributed by atoms with E-state index in [9.17, 15) is 4.79 Å². The van der Waals surface area contributed by atoms with Crippen LogP contribution in [0.1, 0.15) is 36.8 Å². The number of carbonyl (C=O) groups excluding carboxylic acids is 1. The fraction of sp³-hybridized carbons (Fsp3) is 0.471. The number of hydrogen-bond acceptors (Lipinski definition) is 5. The molecule has 122 valence electrons. The molecule has 0 bridgehead atoms. The number of hydrogen-bond donors (Lipinski definition) is 0. The molecule has 0 spiro atoms. The van der Waals surface area contributed by atoms with Crippen LogP contribution in [0, 0.1) is 18.8 Å². The van der Waals surface area contributed by atoms with Crippen molar-refractivity contribution in [3.05, 3.63) is 29.7 Å². The van der Waals surface area contributed by atoms with Crippen molar-refractivity contribution in [3.8, 4) is 11.8 Å². The number of carbonyl (C=O) groups is 1. The summed E-state index contributed by atoms with van der Waals surface area (Å²) in [6.45, 7) is 10.3. The van der Waals surface area contributed by atoms with Crippen molar-refractivity contribution < 1.29 is 9.53 Å². The van der Waals surface area contributed by atoms with Crippen LogP contribution in [0.5, 0.6) is 0 Å².